The van der Waals surface area contributed by atoms with Crippen molar-refractivity contribution < 1.29 is 14.5 Å². The van der Waals surface area contributed by atoms with Gasteiger partial charge in [0.15, 0.2) is 0 Å². The van der Waals surface area contributed by atoms with E-state index in [1.165, 1.54) is 18.2 Å². The van der Waals surface area contributed by atoms with Crippen LogP contribution in [0.4, 0.5) is 11.4 Å². The third kappa shape index (κ3) is 3.49. The normalized spacial score (nSPS) is 19.2. The molecule has 1 aromatic carbocycles. The number of hydrogen-bond acceptors (Lipinski definition) is 5. The van der Waals surface area contributed by atoms with E-state index in [0.29, 0.717) is 6.61 Å². The first-order chi connectivity index (χ1) is 10.0. The van der Waals surface area contributed by atoms with Crippen molar-refractivity contribution in [3.8, 4) is 0 Å². The van der Waals surface area contributed by atoms with Gasteiger partial charge >= 0.3 is 0 Å². The highest BCUT2D eigenvalue weighted by Gasteiger charge is 2.26. The molecule has 2 unspecified atom stereocenters. The molecule has 0 radical (unpaired) electrons. The van der Waals surface area contributed by atoms with Crippen LogP contribution in [0.25, 0.3) is 0 Å². The highest BCUT2D eigenvalue weighted by Crippen LogP contribution is 2.23. The van der Waals surface area contributed by atoms with Gasteiger partial charge in [0.25, 0.3) is 11.6 Å². The van der Waals surface area contributed by atoms with Crippen molar-refractivity contribution in [1.82, 2.24) is 5.32 Å². The number of nitrogen functional groups attached to an aromatic ring is 1. The van der Waals surface area contributed by atoms with Gasteiger partial charge < -0.3 is 15.8 Å². The number of anilines is 1. The molecule has 0 spiro atoms. The smallest absolute Gasteiger partial charge is 0.292 e. The maximum absolute atomic E-state index is 12.2. The summed E-state index contributed by atoms with van der Waals surface area (Å²) >= 11 is 0. The number of nitrogens with one attached hydrogen (secondary N) is 1. The number of hydrogen-bond donors (Lipinski definition) is 2. The molecule has 3 N–H and O–H groups in total. The lowest BCUT2D eigenvalue weighted by Crippen LogP contribution is -2.42. The molecule has 7 nitrogen and oxygen atoms in total. The maximum Gasteiger partial charge on any atom is 0.292 e. The van der Waals surface area contributed by atoms with Crippen molar-refractivity contribution in [2.24, 2.45) is 0 Å². The van der Waals surface area contributed by atoms with E-state index in [4.69, 9.17) is 10.5 Å². The number of nitro groups is 1. The van der Waals surface area contributed by atoms with Crippen LogP contribution in [0.3, 0.4) is 0 Å². The van der Waals surface area contributed by atoms with Crippen molar-refractivity contribution >= 4 is 17.3 Å². The fourth-order valence-electron chi connectivity index (χ4n) is 2.47. The first-order valence-electron chi connectivity index (χ1n) is 6.99. The van der Waals surface area contributed by atoms with Gasteiger partial charge in [0, 0.05) is 18.2 Å². The van der Waals surface area contributed by atoms with Gasteiger partial charge in [-0.2, -0.15) is 0 Å². The van der Waals surface area contributed by atoms with Crippen LogP contribution in [0.1, 0.15) is 36.5 Å². The van der Waals surface area contributed by atoms with E-state index in [2.05, 4.69) is 5.32 Å². The molecular formula is C14H19N3O4. The van der Waals surface area contributed by atoms with Gasteiger partial charge in [-0.1, -0.05) is 6.92 Å². The molecule has 21 heavy (non-hydrogen) atoms. The van der Waals surface area contributed by atoms with Crippen LogP contribution in [-0.4, -0.2) is 29.6 Å². The predicted molar refractivity (Wildman–Crippen MR) is 78.0 cm³/mol. The van der Waals surface area contributed by atoms with Crippen LogP contribution >= 0.6 is 0 Å². The minimum Gasteiger partial charge on any atom is -0.393 e. The predicted octanol–water partition coefficient (Wildman–Crippen LogP) is 1.86. The SMILES string of the molecule is CCC(NC(=O)c1ccc(N)c([N+](=O)[O-])c1)C1CCCO1. The number of nitrogens with zero attached hydrogens (tertiary/aromatic N) is 1. The van der Waals surface area contributed by atoms with Crippen LogP contribution in [0.2, 0.25) is 0 Å². The largest absolute Gasteiger partial charge is 0.393 e. The van der Waals surface area contributed by atoms with E-state index in [9.17, 15) is 14.9 Å². The quantitative estimate of drug-likeness (QED) is 0.489. The fraction of sp³-hybridized carbons (Fsp3) is 0.500. The second-order valence-corrected chi connectivity index (χ2v) is 5.07. The molecule has 1 saturated heterocycles. The van der Waals surface area contributed by atoms with E-state index in [1.54, 1.807) is 0 Å². The van der Waals surface area contributed by atoms with E-state index in [1.807, 2.05) is 6.92 Å². The summed E-state index contributed by atoms with van der Waals surface area (Å²) in [4.78, 5) is 22.5. The number of amides is 1. The monoisotopic (exact) mass is 293 g/mol. The molecule has 1 aliphatic rings. The molecule has 1 heterocycles. The Kier molecular flexibility index (Phi) is 4.74. The maximum atomic E-state index is 12.2. The highest BCUT2D eigenvalue weighted by molar-refractivity contribution is 5.95. The lowest BCUT2D eigenvalue weighted by Gasteiger charge is -2.22. The third-order valence-corrected chi connectivity index (χ3v) is 3.66. The van der Waals surface area contributed by atoms with Gasteiger partial charge in [-0.25, -0.2) is 0 Å². The van der Waals surface area contributed by atoms with E-state index < -0.39 is 4.92 Å². The fourth-order valence-corrected chi connectivity index (χ4v) is 2.47. The van der Waals surface area contributed by atoms with Gasteiger partial charge in [-0.05, 0) is 31.4 Å². The Hall–Kier alpha value is -2.15. The lowest BCUT2D eigenvalue weighted by molar-refractivity contribution is -0.383. The summed E-state index contributed by atoms with van der Waals surface area (Å²) in [5.74, 6) is -0.347. The number of benzene rings is 1. The van der Waals surface area contributed by atoms with E-state index in [-0.39, 0.29) is 35.0 Å². The molecule has 1 amide bonds. The van der Waals surface area contributed by atoms with Crippen molar-refractivity contribution in [3.63, 3.8) is 0 Å². The second kappa shape index (κ2) is 6.53. The molecule has 0 bridgehead atoms. The highest BCUT2D eigenvalue weighted by atomic mass is 16.6. The summed E-state index contributed by atoms with van der Waals surface area (Å²) in [5, 5.41) is 13.7. The van der Waals surface area contributed by atoms with Gasteiger partial charge in [0.2, 0.25) is 0 Å². The first kappa shape index (κ1) is 15.2. The Morgan fingerprint density at radius 2 is 2.38 bits per heavy atom. The number of ether oxygens (including phenoxy) is 1. The van der Waals surface area contributed by atoms with Gasteiger partial charge in [-0.3, -0.25) is 14.9 Å². The van der Waals surface area contributed by atoms with Gasteiger partial charge in [0.05, 0.1) is 17.1 Å². The van der Waals surface area contributed by atoms with Crippen LogP contribution in [0.15, 0.2) is 18.2 Å². The van der Waals surface area contributed by atoms with Crippen molar-refractivity contribution in [1.29, 1.82) is 0 Å². The van der Waals surface area contributed by atoms with Gasteiger partial charge in [0.1, 0.15) is 5.69 Å². The van der Waals surface area contributed by atoms with Crippen molar-refractivity contribution in [3.05, 3.63) is 33.9 Å². The summed E-state index contributed by atoms with van der Waals surface area (Å²) in [6, 6.07) is 3.98. The zero-order chi connectivity index (χ0) is 15.4. The molecule has 1 fully saturated rings. The molecule has 1 aromatic rings. The minimum atomic E-state index is -0.594. The number of rotatable bonds is 5. The molecule has 2 atom stereocenters. The Morgan fingerprint density at radius 1 is 1.62 bits per heavy atom. The average Bonchev–Trinajstić information content (AvgIpc) is 2.98. The number of nitrogens with two attached hydrogens (primary N) is 1. The number of nitro benzene ring substituents is 1. The Balaban J connectivity index is 2.12. The lowest BCUT2D eigenvalue weighted by atomic mass is 10.0. The molecule has 0 saturated carbocycles. The summed E-state index contributed by atoms with van der Waals surface area (Å²) in [7, 11) is 0. The van der Waals surface area contributed by atoms with E-state index in [0.717, 1.165) is 19.3 Å². The topological polar surface area (TPSA) is 107 Å². The van der Waals surface area contributed by atoms with Crippen molar-refractivity contribution in [2.45, 2.75) is 38.3 Å². The van der Waals surface area contributed by atoms with Crippen LogP contribution in [0.5, 0.6) is 0 Å². The molecular weight excluding hydrogens is 274 g/mol. The molecule has 2 rings (SSSR count). The number of carbonyl (C=O) groups is 1. The standard InChI is InChI=1S/C14H19N3O4/c1-2-11(13-4-3-7-21-13)16-14(18)9-5-6-10(15)12(8-9)17(19)20/h5-6,8,11,13H,2-4,7,15H2,1H3,(H,16,18). The Labute approximate surface area is 122 Å². The first-order valence-corrected chi connectivity index (χ1v) is 6.99. The van der Waals surface area contributed by atoms with Gasteiger partial charge in [-0.15, -0.1) is 0 Å². The third-order valence-electron chi connectivity index (χ3n) is 3.66. The molecule has 114 valence electrons. The summed E-state index contributed by atoms with van der Waals surface area (Å²) in [6.45, 7) is 2.68. The molecule has 1 aliphatic heterocycles. The zero-order valence-corrected chi connectivity index (χ0v) is 11.9. The Morgan fingerprint density at radius 3 is 2.95 bits per heavy atom. The summed E-state index contributed by atoms with van der Waals surface area (Å²) < 4.78 is 5.58. The van der Waals surface area contributed by atoms with Crippen LogP contribution in [0, 0.1) is 10.1 Å². The summed E-state index contributed by atoms with van der Waals surface area (Å²) in [6.07, 6.45) is 2.67. The Bertz CT molecular complexity index is 541. The van der Waals surface area contributed by atoms with Crippen molar-refractivity contribution in [2.75, 3.05) is 12.3 Å². The van der Waals surface area contributed by atoms with Crippen LogP contribution < -0.4 is 11.1 Å². The number of carbonyl (C=O) groups excluding carboxylic acids is 1. The molecule has 0 aliphatic carbocycles. The molecule has 0 aromatic heterocycles. The average molecular weight is 293 g/mol. The van der Waals surface area contributed by atoms with Crippen LogP contribution in [-0.2, 0) is 4.74 Å². The zero-order valence-electron chi connectivity index (χ0n) is 11.9. The van der Waals surface area contributed by atoms with E-state index >= 15 is 0 Å². The summed E-state index contributed by atoms with van der Waals surface area (Å²) in [5.41, 5.74) is 5.54. The minimum absolute atomic E-state index is 0.0164. The second-order valence-electron chi connectivity index (χ2n) is 5.07. The molecule has 7 heteroatoms.